The molecule has 1 rings (SSSR count). The number of benzene rings is 1. The molecule has 0 atom stereocenters. The molecule has 4 heteroatoms. The summed E-state index contributed by atoms with van der Waals surface area (Å²) in [7, 11) is 0. The van der Waals surface area contributed by atoms with E-state index < -0.39 is 0 Å². The average Bonchev–Trinajstić information content (AvgIpc) is 2.30. The summed E-state index contributed by atoms with van der Waals surface area (Å²) in [5.74, 6) is 0.814. The Morgan fingerprint density at radius 2 is 1.82 bits per heavy atom. The fourth-order valence-corrected chi connectivity index (χ4v) is 1.76. The van der Waals surface area contributed by atoms with Crippen molar-refractivity contribution in [2.75, 3.05) is 19.8 Å². The molecule has 96 valence electrons. The summed E-state index contributed by atoms with van der Waals surface area (Å²) >= 11 is 3.45. The van der Waals surface area contributed by atoms with Gasteiger partial charge in [0.1, 0.15) is 12.4 Å². The number of hydrogen-bond acceptors (Lipinski definition) is 3. The molecule has 0 radical (unpaired) electrons. The predicted molar refractivity (Wildman–Crippen MR) is 71.4 cm³/mol. The lowest BCUT2D eigenvalue weighted by Gasteiger charge is -2.18. The normalized spacial score (nSPS) is 10.9. The van der Waals surface area contributed by atoms with Gasteiger partial charge in [0.2, 0.25) is 0 Å². The zero-order valence-corrected chi connectivity index (χ0v) is 12.1. The molecule has 1 aromatic rings. The number of ether oxygens (including phenoxy) is 3. The molecule has 0 unspecified atom stereocenters. The van der Waals surface area contributed by atoms with Gasteiger partial charge in [-0.2, -0.15) is 0 Å². The van der Waals surface area contributed by atoms with Crippen LogP contribution in [0.5, 0.6) is 5.75 Å². The second-order valence-corrected chi connectivity index (χ2v) is 4.44. The molecule has 0 saturated heterocycles. The minimum absolute atomic E-state index is 0.308. The first-order valence-corrected chi connectivity index (χ1v) is 6.58. The van der Waals surface area contributed by atoms with Crippen LogP contribution in [0.25, 0.3) is 0 Å². The minimum atomic E-state index is -0.308. The Hall–Kier alpha value is -0.580. The highest BCUT2D eigenvalue weighted by molar-refractivity contribution is 9.10. The summed E-state index contributed by atoms with van der Waals surface area (Å²) in [6, 6.07) is 5.99. The molecule has 0 spiro atoms. The summed E-state index contributed by atoms with van der Waals surface area (Å²) in [5.41, 5.74) is 1.16. The van der Waals surface area contributed by atoms with Crippen LogP contribution in [0.3, 0.4) is 0 Å². The van der Waals surface area contributed by atoms with E-state index in [9.17, 15) is 0 Å². The quantitative estimate of drug-likeness (QED) is 0.721. The van der Waals surface area contributed by atoms with Crippen molar-refractivity contribution in [3.05, 3.63) is 28.2 Å². The molecular weight excluding hydrogens is 284 g/mol. The van der Waals surface area contributed by atoms with E-state index in [1.165, 1.54) is 0 Å². The Morgan fingerprint density at radius 3 is 2.41 bits per heavy atom. The van der Waals surface area contributed by atoms with Crippen LogP contribution in [0, 0.1) is 6.92 Å². The first-order valence-electron chi connectivity index (χ1n) is 5.79. The lowest BCUT2D eigenvalue weighted by molar-refractivity contribution is -0.152. The van der Waals surface area contributed by atoms with Crippen molar-refractivity contribution in [3.8, 4) is 5.75 Å². The number of rotatable bonds is 7. The smallest absolute Gasteiger partial charge is 0.191 e. The van der Waals surface area contributed by atoms with E-state index >= 15 is 0 Å². The maximum absolute atomic E-state index is 5.69. The van der Waals surface area contributed by atoms with Crippen molar-refractivity contribution < 1.29 is 14.2 Å². The lowest BCUT2D eigenvalue weighted by atomic mass is 10.2. The Morgan fingerprint density at radius 1 is 1.18 bits per heavy atom. The maximum atomic E-state index is 5.69. The van der Waals surface area contributed by atoms with Crippen LogP contribution in [-0.4, -0.2) is 26.1 Å². The van der Waals surface area contributed by atoms with E-state index in [2.05, 4.69) is 15.9 Å². The first-order chi connectivity index (χ1) is 8.17. The van der Waals surface area contributed by atoms with Gasteiger partial charge >= 0.3 is 0 Å². The molecule has 0 aromatic heterocycles. The molecule has 0 aliphatic carbocycles. The van der Waals surface area contributed by atoms with Gasteiger partial charge in [-0.1, -0.05) is 6.07 Å². The van der Waals surface area contributed by atoms with E-state index in [-0.39, 0.29) is 6.29 Å². The van der Waals surface area contributed by atoms with E-state index in [1.54, 1.807) is 0 Å². The van der Waals surface area contributed by atoms with E-state index in [0.29, 0.717) is 19.8 Å². The van der Waals surface area contributed by atoms with Crippen LogP contribution in [0.4, 0.5) is 0 Å². The largest absolute Gasteiger partial charge is 0.487 e. The third-order valence-electron chi connectivity index (χ3n) is 2.17. The van der Waals surface area contributed by atoms with E-state index in [1.807, 2.05) is 39.0 Å². The van der Waals surface area contributed by atoms with Gasteiger partial charge in [-0.25, -0.2) is 0 Å². The third kappa shape index (κ3) is 5.06. The topological polar surface area (TPSA) is 27.7 Å². The van der Waals surface area contributed by atoms with Gasteiger partial charge in [-0.3, -0.25) is 0 Å². The van der Waals surface area contributed by atoms with Gasteiger partial charge in [0.25, 0.3) is 0 Å². The molecule has 3 nitrogen and oxygen atoms in total. The molecule has 0 amide bonds. The van der Waals surface area contributed by atoms with Crippen LogP contribution >= 0.6 is 15.9 Å². The molecule has 17 heavy (non-hydrogen) atoms. The molecule has 0 fully saturated rings. The maximum Gasteiger partial charge on any atom is 0.191 e. The van der Waals surface area contributed by atoms with Crippen molar-refractivity contribution in [1.29, 1.82) is 0 Å². The fraction of sp³-hybridized carbons (Fsp3) is 0.538. The number of halogens is 1. The average molecular weight is 303 g/mol. The summed E-state index contributed by atoms with van der Waals surface area (Å²) < 4.78 is 17.5. The molecule has 0 heterocycles. The SMILES string of the molecule is CCOC(COc1cc(C)ccc1Br)OCC. The number of aryl methyl sites for hydroxylation is 1. The molecular formula is C13H19BrO3. The van der Waals surface area contributed by atoms with Crippen LogP contribution in [0.2, 0.25) is 0 Å². The molecule has 0 aliphatic heterocycles. The Bertz CT molecular complexity index is 335. The predicted octanol–water partition coefficient (Wildman–Crippen LogP) is 3.54. The first kappa shape index (κ1) is 14.5. The van der Waals surface area contributed by atoms with Gasteiger partial charge in [0, 0.05) is 13.2 Å². The summed E-state index contributed by atoms with van der Waals surface area (Å²) in [5, 5.41) is 0. The van der Waals surface area contributed by atoms with Crippen molar-refractivity contribution >= 4 is 15.9 Å². The van der Waals surface area contributed by atoms with Crippen molar-refractivity contribution in [1.82, 2.24) is 0 Å². The fourth-order valence-electron chi connectivity index (χ4n) is 1.40. The highest BCUT2D eigenvalue weighted by Gasteiger charge is 2.10. The Labute approximate surface area is 111 Å². The van der Waals surface area contributed by atoms with Crippen LogP contribution in [-0.2, 0) is 9.47 Å². The van der Waals surface area contributed by atoms with Gasteiger partial charge in [0.05, 0.1) is 4.47 Å². The van der Waals surface area contributed by atoms with Crippen molar-refractivity contribution in [2.24, 2.45) is 0 Å². The van der Waals surface area contributed by atoms with Crippen molar-refractivity contribution in [2.45, 2.75) is 27.1 Å². The third-order valence-corrected chi connectivity index (χ3v) is 2.82. The summed E-state index contributed by atoms with van der Waals surface area (Å²) in [6.45, 7) is 7.53. The van der Waals surface area contributed by atoms with E-state index in [0.717, 1.165) is 15.8 Å². The summed E-state index contributed by atoms with van der Waals surface area (Å²) in [6.07, 6.45) is -0.308. The molecule has 0 saturated carbocycles. The molecule has 0 aliphatic rings. The second kappa shape index (κ2) is 7.69. The number of hydrogen-bond donors (Lipinski definition) is 0. The van der Waals surface area contributed by atoms with Gasteiger partial charge in [0.15, 0.2) is 6.29 Å². The molecule has 1 aromatic carbocycles. The van der Waals surface area contributed by atoms with Crippen LogP contribution in [0.1, 0.15) is 19.4 Å². The summed E-state index contributed by atoms with van der Waals surface area (Å²) in [4.78, 5) is 0. The van der Waals surface area contributed by atoms with Crippen molar-refractivity contribution in [3.63, 3.8) is 0 Å². The Kier molecular flexibility index (Phi) is 6.55. The molecule has 0 N–H and O–H groups in total. The second-order valence-electron chi connectivity index (χ2n) is 3.59. The van der Waals surface area contributed by atoms with Crippen LogP contribution in [0.15, 0.2) is 22.7 Å². The monoisotopic (exact) mass is 302 g/mol. The lowest BCUT2D eigenvalue weighted by Crippen LogP contribution is -2.25. The van der Waals surface area contributed by atoms with Gasteiger partial charge < -0.3 is 14.2 Å². The van der Waals surface area contributed by atoms with Gasteiger partial charge in [-0.05, 0) is 54.4 Å². The highest BCUT2D eigenvalue weighted by Crippen LogP contribution is 2.26. The zero-order chi connectivity index (χ0) is 12.7. The van der Waals surface area contributed by atoms with Gasteiger partial charge in [-0.15, -0.1) is 0 Å². The minimum Gasteiger partial charge on any atom is -0.487 e. The molecule has 0 bridgehead atoms. The standard InChI is InChI=1S/C13H19BrO3/c1-4-15-13(16-5-2)9-17-12-8-10(3)6-7-11(12)14/h6-8,13H,4-5,9H2,1-3H3. The highest BCUT2D eigenvalue weighted by atomic mass is 79.9. The van der Waals surface area contributed by atoms with Crippen LogP contribution < -0.4 is 4.74 Å². The zero-order valence-electron chi connectivity index (χ0n) is 10.5. The van der Waals surface area contributed by atoms with E-state index in [4.69, 9.17) is 14.2 Å². The Balaban J connectivity index is 2.55.